The van der Waals surface area contributed by atoms with Gasteiger partial charge in [0.1, 0.15) is 0 Å². The molecule has 0 fully saturated rings. The van der Waals surface area contributed by atoms with Crippen molar-refractivity contribution >= 4 is 5.78 Å². The zero-order valence-electron chi connectivity index (χ0n) is 14.8. The van der Waals surface area contributed by atoms with E-state index in [0.717, 1.165) is 16.7 Å². The van der Waals surface area contributed by atoms with Crippen molar-refractivity contribution < 1.29 is 4.79 Å². The van der Waals surface area contributed by atoms with Gasteiger partial charge in [0.05, 0.1) is 0 Å². The molecule has 1 atom stereocenters. The molecule has 2 aromatic rings. The zero-order valence-corrected chi connectivity index (χ0v) is 14.8. The average molecular weight is 316 g/mol. The van der Waals surface area contributed by atoms with E-state index < -0.39 is 0 Å². The number of carbonyl (C=O) groups is 1. The molecule has 1 aliphatic rings. The maximum Gasteiger partial charge on any atom is 0.193 e. The number of rotatable bonds is 3. The van der Waals surface area contributed by atoms with E-state index in [1.54, 1.807) is 0 Å². The van der Waals surface area contributed by atoms with Crippen molar-refractivity contribution in [2.45, 2.75) is 39.0 Å². The average Bonchev–Trinajstić information content (AvgIpc) is 2.99. The summed E-state index contributed by atoms with van der Waals surface area (Å²) in [4.78, 5) is 13.2. The molecule has 0 radical (unpaired) electrons. The first-order chi connectivity index (χ1) is 11.4. The summed E-state index contributed by atoms with van der Waals surface area (Å²) in [5.74, 6) is 0.298. The molecule has 0 aromatic heterocycles. The molecule has 1 unspecified atom stereocenters. The molecule has 2 aromatic carbocycles. The molecule has 122 valence electrons. The first-order valence-electron chi connectivity index (χ1n) is 8.47. The van der Waals surface area contributed by atoms with Crippen molar-refractivity contribution in [1.82, 2.24) is 0 Å². The molecule has 0 spiro atoms. The van der Waals surface area contributed by atoms with E-state index in [0.29, 0.717) is 0 Å². The Morgan fingerprint density at radius 3 is 2.29 bits per heavy atom. The quantitative estimate of drug-likeness (QED) is 0.653. The van der Waals surface area contributed by atoms with Crippen LogP contribution in [0.3, 0.4) is 0 Å². The third-order valence-electron chi connectivity index (χ3n) is 4.69. The summed E-state index contributed by atoms with van der Waals surface area (Å²) < 4.78 is 0. The Morgan fingerprint density at radius 1 is 1.00 bits per heavy atom. The van der Waals surface area contributed by atoms with E-state index in [9.17, 15) is 4.79 Å². The van der Waals surface area contributed by atoms with Gasteiger partial charge in [0.2, 0.25) is 0 Å². The van der Waals surface area contributed by atoms with Gasteiger partial charge in [-0.1, -0.05) is 87.0 Å². The number of hydrogen-bond donors (Lipinski definition) is 0. The molecule has 0 aliphatic heterocycles. The van der Waals surface area contributed by atoms with Crippen LogP contribution in [0.15, 0.2) is 72.3 Å². The van der Waals surface area contributed by atoms with Crippen molar-refractivity contribution in [3.05, 3.63) is 94.6 Å². The molecule has 0 saturated carbocycles. The van der Waals surface area contributed by atoms with Crippen molar-refractivity contribution in [3.8, 4) is 0 Å². The lowest BCUT2D eigenvalue weighted by Gasteiger charge is -2.23. The molecule has 0 bridgehead atoms. The van der Waals surface area contributed by atoms with Crippen LogP contribution in [0.4, 0.5) is 0 Å². The van der Waals surface area contributed by atoms with Crippen LogP contribution < -0.4 is 0 Å². The lowest BCUT2D eigenvalue weighted by atomic mass is 9.81. The van der Waals surface area contributed by atoms with Crippen molar-refractivity contribution in [1.29, 1.82) is 0 Å². The molecule has 0 heterocycles. The van der Waals surface area contributed by atoms with Crippen LogP contribution in [0.2, 0.25) is 0 Å². The van der Waals surface area contributed by atoms with Crippen molar-refractivity contribution in [2.75, 3.05) is 0 Å². The van der Waals surface area contributed by atoms with Gasteiger partial charge in [-0.15, -0.1) is 0 Å². The lowest BCUT2D eigenvalue weighted by Crippen LogP contribution is -2.15. The van der Waals surface area contributed by atoms with E-state index in [2.05, 4.69) is 64.1 Å². The predicted molar refractivity (Wildman–Crippen MR) is 101 cm³/mol. The highest BCUT2D eigenvalue weighted by molar-refractivity contribution is 6.10. The SMILES string of the molecule is CC1=CC=CC1c1ccc(C(C)(C)C)cc1C(=O)c1ccccc1. The van der Waals surface area contributed by atoms with Gasteiger partial charge in [0.15, 0.2) is 5.78 Å². The predicted octanol–water partition coefficient (Wildman–Crippen LogP) is 5.81. The smallest absolute Gasteiger partial charge is 0.193 e. The molecule has 0 amide bonds. The molecule has 0 N–H and O–H groups in total. The summed E-state index contributed by atoms with van der Waals surface area (Å²) in [7, 11) is 0. The number of ketones is 1. The Bertz CT molecular complexity index is 817. The van der Waals surface area contributed by atoms with Gasteiger partial charge in [-0.3, -0.25) is 4.79 Å². The summed E-state index contributed by atoms with van der Waals surface area (Å²) in [6.07, 6.45) is 6.37. The molecular weight excluding hydrogens is 292 g/mol. The van der Waals surface area contributed by atoms with Gasteiger partial charge in [-0.05, 0) is 29.5 Å². The third-order valence-corrected chi connectivity index (χ3v) is 4.69. The van der Waals surface area contributed by atoms with E-state index in [1.807, 2.05) is 30.3 Å². The minimum atomic E-state index is 0.0145. The number of allylic oxidation sites excluding steroid dienone is 4. The molecular formula is C23H24O. The van der Waals surface area contributed by atoms with Crippen LogP contribution in [0, 0.1) is 0 Å². The number of benzene rings is 2. The van der Waals surface area contributed by atoms with E-state index >= 15 is 0 Å². The normalized spacial score (nSPS) is 17.0. The van der Waals surface area contributed by atoms with Crippen LogP contribution in [0.25, 0.3) is 0 Å². The van der Waals surface area contributed by atoms with Gasteiger partial charge in [0, 0.05) is 17.0 Å². The van der Waals surface area contributed by atoms with E-state index in [1.165, 1.54) is 11.1 Å². The highest BCUT2D eigenvalue weighted by Crippen LogP contribution is 2.35. The zero-order chi connectivity index (χ0) is 17.3. The Balaban J connectivity index is 2.15. The maximum atomic E-state index is 13.2. The molecule has 1 nitrogen and oxygen atoms in total. The highest BCUT2D eigenvalue weighted by Gasteiger charge is 2.24. The van der Waals surface area contributed by atoms with Crippen LogP contribution in [-0.4, -0.2) is 5.78 Å². The second kappa shape index (κ2) is 6.24. The van der Waals surface area contributed by atoms with Crippen LogP contribution in [0.5, 0.6) is 0 Å². The monoisotopic (exact) mass is 316 g/mol. The molecule has 24 heavy (non-hydrogen) atoms. The Hall–Kier alpha value is -2.41. The summed E-state index contributed by atoms with van der Waals surface area (Å²) >= 11 is 0. The summed E-state index contributed by atoms with van der Waals surface area (Å²) in [5.41, 5.74) is 5.14. The largest absolute Gasteiger partial charge is 0.289 e. The van der Waals surface area contributed by atoms with Gasteiger partial charge >= 0.3 is 0 Å². The Labute approximate surface area is 144 Å². The standard InChI is InChI=1S/C23H24O/c1-16-9-8-12-19(16)20-14-13-18(23(2,3)4)15-21(20)22(24)17-10-6-5-7-11-17/h5-15,19H,1-4H3. The second-order valence-electron chi connectivity index (χ2n) is 7.52. The first-order valence-corrected chi connectivity index (χ1v) is 8.47. The summed E-state index contributed by atoms with van der Waals surface area (Å²) in [5, 5.41) is 0. The molecule has 1 aliphatic carbocycles. The topological polar surface area (TPSA) is 17.1 Å². The van der Waals surface area contributed by atoms with E-state index in [-0.39, 0.29) is 17.1 Å². The van der Waals surface area contributed by atoms with Gasteiger partial charge in [-0.25, -0.2) is 0 Å². The molecule has 1 heteroatoms. The molecule has 0 saturated heterocycles. The first kappa shape index (κ1) is 16.4. The second-order valence-corrected chi connectivity index (χ2v) is 7.52. The fourth-order valence-corrected chi connectivity index (χ4v) is 3.16. The van der Waals surface area contributed by atoms with E-state index in [4.69, 9.17) is 0 Å². The van der Waals surface area contributed by atoms with Crippen LogP contribution in [-0.2, 0) is 5.41 Å². The van der Waals surface area contributed by atoms with Crippen molar-refractivity contribution in [2.24, 2.45) is 0 Å². The van der Waals surface area contributed by atoms with Gasteiger partial charge in [-0.2, -0.15) is 0 Å². The summed E-state index contributed by atoms with van der Waals surface area (Å²) in [6, 6.07) is 15.9. The fourth-order valence-electron chi connectivity index (χ4n) is 3.16. The fraction of sp³-hybridized carbons (Fsp3) is 0.261. The summed E-state index contributed by atoms with van der Waals surface area (Å²) in [6.45, 7) is 8.66. The van der Waals surface area contributed by atoms with Crippen LogP contribution >= 0.6 is 0 Å². The van der Waals surface area contributed by atoms with Gasteiger partial charge in [0.25, 0.3) is 0 Å². The number of hydrogen-bond acceptors (Lipinski definition) is 1. The maximum absolute atomic E-state index is 13.2. The van der Waals surface area contributed by atoms with Crippen molar-refractivity contribution in [3.63, 3.8) is 0 Å². The lowest BCUT2D eigenvalue weighted by molar-refractivity contribution is 0.103. The minimum Gasteiger partial charge on any atom is -0.289 e. The van der Waals surface area contributed by atoms with Gasteiger partial charge < -0.3 is 0 Å². The van der Waals surface area contributed by atoms with Crippen LogP contribution in [0.1, 0.15) is 60.7 Å². The highest BCUT2D eigenvalue weighted by atomic mass is 16.1. The third kappa shape index (κ3) is 3.12. The molecule has 3 rings (SSSR count). The minimum absolute atomic E-state index is 0.0145. The number of carbonyl (C=O) groups excluding carboxylic acids is 1. The Morgan fingerprint density at radius 2 is 1.71 bits per heavy atom. The Kier molecular flexibility index (Phi) is 4.28.